The van der Waals surface area contributed by atoms with Crippen LogP contribution in [0.15, 0.2) is 36.7 Å². The zero-order valence-electron chi connectivity index (χ0n) is 16.2. The van der Waals surface area contributed by atoms with Crippen LogP contribution < -0.4 is 10.1 Å². The summed E-state index contributed by atoms with van der Waals surface area (Å²) in [7, 11) is 1.65. The van der Waals surface area contributed by atoms with E-state index in [4.69, 9.17) is 4.74 Å². The monoisotopic (exact) mass is 383 g/mol. The predicted octanol–water partition coefficient (Wildman–Crippen LogP) is 1.44. The van der Waals surface area contributed by atoms with Gasteiger partial charge in [0.2, 0.25) is 11.9 Å². The molecule has 0 spiro atoms. The molecule has 0 unspecified atom stereocenters. The summed E-state index contributed by atoms with van der Waals surface area (Å²) in [5.41, 5.74) is 1.61. The van der Waals surface area contributed by atoms with Gasteiger partial charge in [-0.1, -0.05) is 12.1 Å². The van der Waals surface area contributed by atoms with Gasteiger partial charge in [0.15, 0.2) is 0 Å². The molecule has 0 bridgehead atoms. The number of piperazine rings is 1. The summed E-state index contributed by atoms with van der Waals surface area (Å²) in [5.74, 6) is 1.26. The van der Waals surface area contributed by atoms with Crippen LogP contribution in [0.25, 0.3) is 0 Å². The minimum absolute atomic E-state index is 0.0415. The quantitative estimate of drug-likeness (QED) is 0.812. The molecule has 1 aliphatic rings. The summed E-state index contributed by atoms with van der Waals surface area (Å²) in [6, 6.07) is 7.91. The molecule has 1 aromatic carbocycles. The summed E-state index contributed by atoms with van der Waals surface area (Å²) in [6.07, 6.45) is 3.89. The molecule has 0 aliphatic carbocycles. The van der Waals surface area contributed by atoms with E-state index >= 15 is 0 Å². The van der Waals surface area contributed by atoms with Crippen molar-refractivity contribution in [2.75, 3.05) is 45.2 Å². The first-order valence-corrected chi connectivity index (χ1v) is 9.30. The minimum atomic E-state index is -0.105. The second kappa shape index (κ2) is 9.16. The van der Waals surface area contributed by atoms with Crippen LogP contribution in [0.2, 0.25) is 0 Å². The van der Waals surface area contributed by atoms with Crippen LogP contribution in [0.3, 0.4) is 0 Å². The summed E-state index contributed by atoms with van der Waals surface area (Å²) in [5, 5.41) is 3.16. The van der Waals surface area contributed by atoms with Gasteiger partial charge in [0.05, 0.1) is 12.7 Å². The highest BCUT2D eigenvalue weighted by atomic mass is 16.5. The maximum Gasteiger partial charge on any atom is 0.257 e. The van der Waals surface area contributed by atoms with Crippen LogP contribution in [0.1, 0.15) is 22.8 Å². The number of ether oxygens (including phenoxy) is 1. The Morgan fingerprint density at radius 3 is 2.43 bits per heavy atom. The Morgan fingerprint density at radius 1 is 1.11 bits per heavy atom. The van der Waals surface area contributed by atoms with Crippen molar-refractivity contribution >= 4 is 17.8 Å². The average molecular weight is 383 g/mol. The molecule has 148 valence electrons. The Labute approximate surface area is 164 Å². The molecule has 1 fully saturated rings. The number of methoxy groups -OCH3 is 1. The van der Waals surface area contributed by atoms with Crippen molar-refractivity contribution in [3.8, 4) is 5.75 Å². The first kappa shape index (κ1) is 19.6. The van der Waals surface area contributed by atoms with Crippen molar-refractivity contribution in [3.05, 3.63) is 47.8 Å². The Balaban J connectivity index is 1.49. The molecule has 3 rings (SSSR count). The molecule has 28 heavy (non-hydrogen) atoms. The fourth-order valence-electron chi connectivity index (χ4n) is 3.08. The summed E-state index contributed by atoms with van der Waals surface area (Å²) >= 11 is 0. The smallest absolute Gasteiger partial charge is 0.257 e. The molecule has 0 radical (unpaired) electrons. The van der Waals surface area contributed by atoms with Crippen molar-refractivity contribution in [2.45, 2.75) is 13.3 Å². The lowest BCUT2D eigenvalue weighted by molar-refractivity contribution is -0.130. The van der Waals surface area contributed by atoms with Gasteiger partial charge in [-0.3, -0.25) is 9.59 Å². The fourth-order valence-corrected chi connectivity index (χ4v) is 3.08. The van der Waals surface area contributed by atoms with E-state index in [-0.39, 0.29) is 11.8 Å². The lowest BCUT2D eigenvalue weighted by Crippen LogP contribution is -2.50. The number of hydrogen-bond acceptors (Lipinski definition) is 6. The zero-order chi connectivity index (χ0) is 19.9. The standard InChI is InChI=1S/C20H25N5O3/c1-15(26)24-8-10-25(11-9-24)19(27)17-13-22-20(23-14-17)21-7-6-16-4-3-5-18(12-16)28-2/h3-5,12-14H,6-11H2,1-2H3,(H,21,22,23). The molecular formula is C20H25N5O3. The fraction of sp³-hybridized carbons (Fsp3) is 0.400. The number of aromatic nitrogens is 2. The Morgan fingerprint density at radius 2 is 1.79 bits per heavy atom. The van der Waals surface area contributed by atoms with Gasteiger partial charge in [0.1, 0.15) is 5.75 Å². The van der Waals surface area contributed by atoms with Crippen LogP contribution in [0.4, 0.5) is 5.95 Å². The molecule has 2 heterocycles. The maximum absolute atomic E-state index is 12.6. The molecule has 2 amide bonds. The molecule has 0 atom stereocenters. The normalized spacial score (nSPS) is 13.9. The summed E-state index contributed by atoms with van der Waals surface area (Å²) in [4.78, 5) is 35.9. The van der Waals surface area contributed by atoms with E-state index in [0.717, 1.165) is 17.7 Å². The first-order valence-electron chi connectivity index (χ1n) is 9.30. The average Bonchev–Trinajstić information content (AvgIpc) is 2.74. The number of nitrogens with one attached hydrogen (secondary N) is 1. The van der Waals surface area contributed by atoms with Gasteiger partial charge in [0, 0.05) is 52.0 Å². The number of nitrogens with zero attached hydrogens (tertiary/aromatic N) is 4. The number of carbonyl (C=O) groups is 2. The molecule has 1 aliphatic heterocycles. The third-order valence-electron chi connectivity index (χ3n) is 4.74. The molecule has 8 nitrogen and oxygen atoms in total. The van der Waals surface area contributed by atoms with Gasteiger partial charge in [-0.25, -0.2) is 9.97 Å². The molecule has 8 heteroatoms. The third-order valence-corrected chi connectivity index (χ3v) is 4.74. The molecule has 2 aromatic rings. The number of carbonyl (C=O) groups excluding carboxylic acids is 2. The number of hydrogen-bond donors (Lipinski definition) is 1. The van der Waals surface area contributed by atoms with Crippen LogP contribution >= 0.6 is 0 Å². The first-order chi connectivity index (χ1) is 13.6. The molecule has 0 saturated carbocycles. The van der Waals surface area contributed by atoms with Gasteiger partial charge in [-0.15, -0.1) is 0 Å². The van der Waals surface area contributed by atoms with Gasteiger partial charge in [-0.05, 0) is 24.1 Å². The number of amides is 2. The number of rotatable bonds is 6. The van der Waals surface area contributed by atoms with E-state index in [1.165, 1.54) is 0 Å². The predicted molar refractivity (Wildman–Crippen MR) is 105 cm³/mol. The lowest BCUT2D eigenvalue weighted by atomic mass is 10.1. The van der Waals surface area contributed by atoms with E-state index < -0.39 is 0 Å². The molecule has 1 aromatic heterocycles. The topological polar surface area (TPSA) is 87.7 Å². The van der Waals surface area contributed by atoms with Gasteiger partial charge < -0.3 is 19.9 Å². The van der Waals surface area contributed by atoms with Gasteiger partial charge in [-0.2, -0.15) is 0 Å². The Bertz CT molecular complexity index is 817. The van der Waals surface area contributed by atoms with Crippen molar-refractivity contribution in [3.63, 3.8) is 0 Å². The molecular weight excluding hydrogens is 358 g/mol. The summed E-state index contributed by atoms with van der Waals surface area (Å²) < 4.78 is 5.22. The molecule has 1 saturated heterocycles. The maximum atomic E-state index is 12.6. The number of anilines is 1. The highest BCUT2D eigenvalue weighted by molar-refractivity contribution is 5.93. The third kappa shape index (κ3) is 4.97. The van der Waals surface area contributed by atoms with Crippen LogP contribution in [0, 0.1) is 0 Å². The van der Waals surface area contributed by atoms with Crippen molar-refractivity contribution < 1.29 is 14.3 Å². The second-order valence-electron chi connectivity index (χ2n) is 6.62. The number of benzene rings is 1. The largest absolute Gasteiger partial charge is 0.497 e. The van der Waals surface area contributed by atoms with Crippen LogP contribution in [0.5, 0.6) is 5.75 Å². The second-order valence-corrected chi connectivity index (χ2v) is 6.62. The van der Waals surface area contributed by atoms with E-state index in [2.05, 4.69) is 15.3 Å². The van der Waals surface area contributed by atoms with Gasteiger partial charge in [0.25, 0.3) is 5.91 Å². The SMILES string of the molecule is COc1cccc(CCNc2ncc(C(=O)N3CCN(C(C)=O)CC3)cn2)c1. The minimum Gasteiger partial charge on any atom is -0.497 e. The zero-order valence-corrected chi connectivity index (χ0v) is 16.2. The van der Waals surface area contributed by atoms with Crippen molar-refractivity contribution in [1.29, 1.82) is 0 Å². The Kier molecular flexibility index (Phi) is 6.41. The summed E-state index contributed by atoms with van der Waals surface area (Å²) in [6.45, 7) is 4.40. The van der Waals surface area contributed by atoms with Crippen molar-refractivity contribution in [1.82, 2.24) is 19.8 Å². The molecule has 1 N–H and O–H groups in total. The van der Waals surface area contributed by atoms with E-state index in [1.54, 1.807) is 36.2 Å². The highest BCUT2D eigenvalue weighted by Crippen LogP contribution is 2.13. The highest BCUT2D eigenvalue weighted by Gasteiger charge is 2.23. The van der Waals surface area contributed by atoms with Crippen LogP contribution in [-0.2, 0) is 11.2 Å². The van der Waals surface area contributed by atoms with E-state index in [0.29, 0.717) is 44.2 Å². The van der Waals surface area contributed by atoms with E-state index in [1.807, 2.05) is 24.3 Å². The van der Waals surface area contributed by atoms with Crippen molar-refractivity contribution in [2.24, 2.45) is 0 Å². The van der Waals surface area contributed by atoms with Gasteiger partial charge >= 0.3 is 0 Å². The lowest BCUT2D eigenvalue weighted by Gasteiger charge is -2.34. The van der Waals surface area contributed by atoms with E-state index in [9.17, 15) is 9.59 Å². The Hall–Kier alpha value is -3.16. The van der Waals surface area contributed by atoms with Crippen LogP contribution in [-0.4, -0.2) is 71.4 Å².